The topological polar surface area (TPSA) is 74.9 Å². The van der Waals surface area contributed by atoms with Gasteiger partial charge in [-0.3, -0.25) is 9.59 Å². The van der Waals surface area contributed by atoms with Gasteiger partial charge < -0.3 is 9.73 Å². The summed E-state index contributed by atoms with van der Waals surface area (Å²) >= 11 is 0. The third kappa shape index (κ3) is 4.10. The fourth-order valence-electron chi connectivity index (χ4n) is 2.51. The molecular formula is C18H19N3O3. The first-order valence-electron chi connectivity index (χ1n) is 7.95. The Morgan fingerprint density at radius 1 is 1.12 bits per heavy atom. The summed E-state index contributed by atoms with van der Waals surface area (Å²) in [6, 6.07) is 13.4. The molecule has 24 heavy (non-hydrogen) atoms. The smallest absolute Gasteiger partial charge is 0.243 e. The maximum atomic E-state index is 12.2. The highest BCUT2D eigenvalue weighted by atomic mass is 16.3. The van der Waals surface area contributed by atoms with Gasteiger partial charge in [0.15, 0.2) is 0 Å². The van der Waals surface area contributed by atoms with E-state index in [1.165, 1.54) is 5.01 Å². The van der Waals surface area contributed by atoms with E-state index in [0.29, 0.717) is 18.8 Å². The standard InChI is InChI=1S/C18H19N3O3/c22-17(19-13-15-7-4-12-24-15)8-9-18(23)21-11-10-16(20-21)14-5-2-1-3-6-14/h1-7,12H,8-11,13H2,(H,19,22). The van der Waals surface area contributed by atoms with Crippen LogP contribution in [-0.4, -0.2) is 29.1 Å². The molecule has 0 bridgehead atoms. The number of carbonyl (C=O) groups is 2. The second kappa shape index (κ2) is 7.59. The molecule has 0 aliphatic carbocycles. The van der Waals surface area contributed by atoms with Crippen LogP contribution in [0.1, 0.15) is 30.6 Å². The molecule has 0 radical (unpaired) electrons. The van der Waals surface area contributed by atoms with E-state index in [4.69, 9.17) is 4.42 Å². The molecule has 0 saturated heterocycles. The van der Waals surface area contributed by atoms with Crippen molar-refractivity contribution >= 4 is 17.5 Å². The lowest BCUT2D eigenvalue weighted by molar-refractivity contribution is -0.133. The predicted molar refractivity (Wildman–Crippen MR) is 89.1 cm³/mol. The summed E-state index contributed by atoms with van der Waals surface area (Å²) in [5.74, 6) is 0.381. The van der Waals surface area contributed by atoms with E-state index in [1.807, 2.05) is 30.3 Å². The van der Waals surface area contributed by atoms with Gasteiger partial charge in [0.2, 0.25) is 11.8 Å². The minimum Gasteiger partial charge on any atom is -0.467 e. The van der Waals surface area contributed by atoms with E-state index < -0.39 is 0 Å². The molecular weight excluding hydrogens is 306 g/mol. The fourth-order valence-corrected chi connectivity index (χ4v) is 2.51. The fraction of sp³-hybridized carbons (Fsp3) is 0.278. The van der Waals surface area contributed by atoms with Crippen molar-refractivity contribution in [3.8, 4) is 0 Å². The van der Waals surface area contributed by atoms with Gasteiger partial charge in [-0.25, -0.2) is 5.01 Å². The van der Waals surface area contributed by atoms with E-state index in [-0.39, 0.29) is 24.7 Å². The first kappa shape index (κ1) is 16.0. The molecule has 2 aromatic rings. The number of hydrogen-bond acceptors (Lipinski definition) is 4. The van der Waals surface area contributed by atoms with Crippen LogP contribution in [0.15, 0.2) is 58.2 Å². The minimum absolute atomic E-state index is 0.130. The van der Waals surface area contributed by atoms with Crippen molar-refractivity contribution in [1.82, 2.24) is 10.3 Å². The molecule has 1 aliphatic rings. The molecule has 0 spiro atoms. The largest absolute Gasteiger partial charge is 0.467 e. The minimum atomic E-state index is -0.175. The van der Waals surface area contributed by atoms with Crippen molar-refractivity contribution in [2.75, 3.05) is 6.54 Å². The third-order valence-electron chi connectivity index (χ3n) is 3.80. The zero-order chi connectivity index (χ0) is 16.8. The summed E-state index contributed by atoms with van der Waals surface area (Å²) in [4.78, 5) is 24.0. The highest BCUT2D eigenvalue weighted by Gasteiger charge is 2.21. The number of benzene rings is 1. The van der Waals surface area contributed by atoms with Crippen molar-refractivity contribution in [3.05, 3.63) is 60.1 Å². The van der Waals surface area contributed by atoms with Crippen LogP contribution < -0.4 is 5.32 Å². The van der Waals surface area contributed by atoms with Gasteiger partial charge in [-0.15, -0.1) is 0 Å². The van der Waals surface area contributed by atoms with E-state index in [2.05, 4.69) is 10.4 Å². The summed E-state index contributed by atoms with van der Waals surface area (Å²) in [7, 11) is 0. The molecule has 0 unspecified atom stereocenters. The molecule has 124 valence electrons. The van der Waals surface area contributed by atoms with Crippen molar-refractivity contribution in [3.63, 3.8) is 0 Å². The zero-order valence-corrected chi connectivity index (χ0v) is 13.3. The lowest BCUT2D eigenvalue weighted by atomic mass is 10.1. The number of hydrogen-bond donors (Lipinski definition) is 1. The van der Waals surface area contributed by atoms with Crippen molar-refractivity contribution in [2.45, 2.75) is 25.8 Å². The maximum absolute atomic E-state index is 12.2. The highest BCUT2D eigenvalue weighted by molar-refractivity contribution is 6.02. The lowest BCUT2D eigenvalue weighted by Gasteiger charge is -2.11. The van der Waals surface area contributed by atoms with Crippen LogP contribution in [0.2, 0.25) is 0 Å². The van der Waals surface area contributed by atoms with E-state index in [1.54, 1.807) is 18.4 Å². The molecule has 1 aliphatic heterocycles. The van der Waals surface area contributed by atoms with Gasteiger partial charge in [-0.2, -0.15) is 5.10 Å². The van der Waals surface area contributed by atoms with Crippen LogP contribution in [0.4, 0.5) is 0 Å². The lowest BCUT2D eigenvalue weighted by Crippen LogP contribution is -2.27. The van der Waals surface area contributed by atoms with Crippen LogP contribution >= 0.6 is 0 Å². The first-order valence-corrected chi connectivity index (χ1v) is 7.95. The molecule has 6 nitrogen and oxygen atoms in total. The summed E-state index contributed by atoms with van der Waals surface area (Å²) < 4.78 is 5.14. The molecule has 2 heterocycles. The Morgan fingerprint density at radius 2 is 1.96 bits per heavy atom. The van der Waals surface area contributed by atoms with Crippen LogP contribution in [0, 0.1) is 0 Å². The Hall–Kier alpha value is -2.89. The Bertz CT molecular complexity index is 723. The molecule has 3 rings (SSSR count). The Balaban J connectivity index is 1.45. The number of carbonyl (C=O) groups excluding carboxylic acids is 2. The number of furan rings is 1. The first-order chi connectivity index (χ1) is 11.7. The molecule has 6 heteroatoms. The van der Waals surface area contributed by atoms with E-state index in [0.717, 1.165) is 17.7 Å². The van der Waals surface area contributed by atoms with Crippen molar-refractivity contribution in [1.29, 1.82) is 0 Å². The van der Waals surface area contributed by atoms with E-state index in [9.17, 15) is 9.59 Å². The Kier molecular flexibility index (Phi) is 5.05. The van der Waals surface area contributed by atoms with Crippen LogP contribution in [0.5, 0.6) is 0 Å². The molecule has 2 amide bonds. The van der Waals surface area contributed by atoms with Gasteiger partial charge >= 0.3 is 0 Å². The number of nitrogens with zero attached hydrogens (tertiary/aromatic N) is 2. The van der Waals surface area contributed by atoms with E-state index >= 15 is 0 Å². The summed E-state index contributed by atoms with van der Waals surface area (Å²) in [6.45, 7) is 0.900. The van der Waals surface area contributed by atoms with Gasteiger partial charge in [-0.05, 0) is 17.7 Å². The Morgan fingerprint density at radius 3 is 2.71 bits per heavy atom. The maximum Gasteiger partial charge on any atom is 0.243 e. The monoisotopic (exact) mass is 325 g/mol. The second-order valence-electron chi connectivity index (χ2n) is 5.54. The quantitative estimate of drug-likeness (QED) is 0.885. The Labute approximate surface area is 140 Å². The molecule has 1 aromatic heterocycles. The number of amides is 2. The molecule has 0 fully saturated rings. The summed E-state index contributed by atoms with van der Waals surface area (Å²) in [6.07, 6.45) is 2.59. The second-order valence-corrected chi connectivity index (χ2v) is 5.54. The highest BCUT2D eigenvalue weighted by Crippen LogP contribution is 2.14. The van der Waals surface area contributed by atoms with Gasteiger partial charge in [0.1, 0.15) is 5.76 Å². The molecule has 0 saturated carbocycles. The zero-order valence-electron chi connectivity index (χ0n) is 13.3. The SMILES string of the molecule is O=C(CCC(=O)N1CCC(c2ccccc2)=N1)NCc1ccco1. The third-order valence-corrected chi connectivity index (χ3v) is 3.80. The number of nitrogens with one attached hydrogen (secondary N) is 1. The normalized spacial score (nSPS) is 13.7. The van der Waals surface area contributed by atoms with Crippen LogP contribution in [-0.2, 0) is 16.1 Å². The average molecular weight is 325 g/mol. The molecule has 1 aromatic carbocycles. The van der Waals surface area contributed by atoms with Gasteiger partial charge in [-0.1, -0.05) is 30.3 Å². The van der Waals surface area contributed by atoms with Crippen molar-refractivity contribution in [2.24, 2.45) is 5.10 Å². The van der Waals surface area contributed by atoms with Crippen LogP contribution in [0.3, 0.4) is 0 Å². The van der Waals surface area contributed by atoms with Crippen molar-refractivity contribution < 1.29 is 14.0 Å². The predicted octanol–water partition coefficient (Wildman–Crippen LogP) is 2.31. The van der Waals surface area contributed by atoms with Gasteiger partial charge in [0.05, 0.1) is 25.1 Å². The van der Waals surface area contributed by atoms with Gasteiger partial charge in [0, 0.05) is 19.3 Å². The number of rotatable bonds is 6. The summed E-state index contributed by atoms with van der Waals surface area (Å²) in [5, 5.41) is 8.56. The average Bonchev–Trinajstić information content (AvgIpc) is 3.30. The van der Waals surface area contributed by atoms with Gasteiger partial charge in [0.25, 0.3) is 0 Å². The van der Waals surface area contributed by atoms with Crippen LogP contribution in [0.25, 0.3) is 0 Å². The number of hydrazone groups is 1. The molecule has 0 atom stereocenters. The summed E-state index contributed by atoms with van der Waals surface area (Å²) in [5.41, 5.74) is 1.94. The molecule has 1 N–H and O–H groups in total.